The predicted octanol–water partition coefficient (Wildman–Crippen LogP) is 2.98. The van der Waals surface area contributed by atoms with Crippen LogP contribution in [0.5, 0.6) is 0 Å². The maximum Gasteiger partial charge on any atom is 0.251 e. The lowest BCUT2D eigenvalue weighted by Crippen LogP contribution is -2.44. The normalized spacial score (nSPS) is 14.4. The highest BCUT2D eigenvalue weighted by Gasteiger charge is 2.26. The molecule has 0 bridgehead atoms. The van der Waals surface area contributed by atoms with E-state index in [0.29, 0.717) is 16.6 Å². The van der Waals surface area contributed by atoms with E-state index in [4.69, 9.17) is 5.73 Å². The summed E-state index contributed by atoms with van der Waals surface area (Å²) in [4.78, 5) is 40.9. The predicted molar refractivity (Wildman–Crippen MR) is 127 cm³/mol. The number of amides is 1. The molecule has 1 aliphatic heterocycles. The second kappa shape index (κ2) is 8.88. The largest absolute Gasteiger partial charge is 0.366 e. The highest BCUT2D eigenvalue weighted by molar-refractivity contribution is 6.17. The van der Waals surface area contributed by atoms with Crippen LogP contribution in [0.2, 0.25) is 0 Å². The fourth-order valence-corrected chi connectivity index (χ4v) is 4.21. The first-order valence-electron chi connectivity index (χ1n) is 11.0. The van der Waals surface area contributed by atoms with Crippen molar-refractivity contribution in [1.29, 1.82) is 0 Å². The summed E-state index contributed by atoms with van der Waals surface area (Å²) in [7, 11) is 2.09. The van der Waals surface area contributed by atoms with Gasteiger partial charge in [-0.15, -0.1) is 0 Å². The average molecular weight is 476 g/mol. The summed E-state index contributed by atoms with van der Waals surface area (Å²) in [5.74, 6) is -3.50. The Balaban J connectivity index is 1.49. The van der Waals surface area contributed by atoms with E-state index in [1.807, 2.05) is 12.1 Å². The molecule has 3 N–H and O–H groups in total. The van der Waals surface area contributed by atoms with Gasteiger partial charge in [0, 0.05) is 66.8 Å². The molecule has 8 nitrogen and oxygen atoms in total. The van der Waals surface area contributed by atoms with Gasteiger partial charge in [-0.25, -0.2) is 18.7 Å². The van der Waals surface area contributed by atoms with Crippen molar-refractivity contribution in [2.24, 2.45) is 5.73 Å². The number of piperazine rings is 1. The number of carbonyl (C=O) groups is 2. The molecule has 4 aromatic rings. The molecule has 0 saturated carbocycles. The van der Waals surface area contributed by atoms with Crippen molar-refractivity contribution in [3.63, 3.8) is 0 Å². The first-order chi connectivity index (χ1) is 16.8. The van der Waals surface area contributed by atoms with Crippen molar-refractivity contribution in [3.05, 3.63) is 77.2 Å². The lowest BCUT2D eigenvalue weighted by Gasteiger charge is -2.33. The van der Waals surface area contributed by atoms with E-state index >= 15 is 0 Å². The van der Waals surface area contributed by atoms with Gasteiger partial charge in [0.05, 0.1) is 11.1 Å². The Labute approximate surface area is 199 Å². The zero-order valence-electron chi connectivity index (χ0n) is 18.9. The smallest absolute Gasteiger partial charge is 0.251 e. The molecule has 0 aliphatic carbocycles. The van der Waals surface area contributed by atoms with Gasteiger partial charge in [-0.2, -0.15) is 0 Å². The zero-order valence-corrected chi connectivity index (χ0v) is 18.9. The van der Waals surface area contributed by atoms with E-state index in [9.17, 15) is 18.4 Å². The number of fused-ring (bicyclic) bond motifs is 1. The third-order valence-corrected chi connectivity index (χ3v) is 6.27. The fourth-order valence-electron chi connectivity index (χ4n) is 4.21. The maximum absolute atomic E-state index is 14.8. The van der Waals surface area contributed by atoms with Crippen LogP contribution in [0, 0.1) is 11.6 Å². The summed E-state index contributed by atoms with van der Waals surface area (Å²) < 4.78 is 29.2. The van der Waals surface area contributed by atoms with Crippen molar-refractivity contribution < 1.29 is 18.4 Å². The van der Waals surface area contributed by atoms with E-state index in [0.717, 1.165) is 49.7 Å². The number of nitrogens with zero attached hydrogens (tertiary/aromatic N) is 4. The molecule has 1 amide bonds. The van der Waals surface area contributed by atoms with Gasteiger partial charge in [-0.05, 0) is 37.4 Å². The number of nitrogens with two attached hydrogens (primary N) is 1. The molecular formula is C25H22F2N6O2. The lowest BCUT2D eigenvalue weighted by molar-refractivity contribution is 0.0996. The van der Waals surface area contributed by atoms with Gasteiger partial charge >= 0.3 is 0 Å². The Morgan fingerprint density at radius 1 is 0.971 bits per heavy atom. The summed E-state index contributed by atoms with van der Waals surface area (Å²) in [5.41, 5.74) is 5.63. The van der Waals surface area contributed by atoms with E-state index in [1.165, 1.54) is 6.20 Å². The van der Waals surface area contributed by atoms with Crippen molar-refractivity contribution in [1.82, 2.24) is 19.9 Å². The third kappa shape index (κ3) is 4.12. The number of benzene rings is 1. The number of ketones is 1. The average Bonchev–Trinajstić information content (AvgIpc) is 3.28. The lowest BCUT2D eigenvalue weighted by atomic mass is 9.98. The van der Waals surface area contributed by atoms with Crippen molar-refractivity contribution in [2.45, 2.75) is 0 Å². The zero-order chi connectivity index (χ0) is 24.7. The van der Waals surface area contributed by atoms with Gasteiger partial charge in [0.25, 0.3) is 5.91 Å². The number of likely N-dealkylation sites (N-methyl/N-ethyl adjacent to an activating group) is 1. The van der Waals surface area contributed by atoms with Gasteiger partial charge in [0.1, 0.15) is 23.1 Å². The Morgan fingerprint density at radius 2 is 1.71 bits per heavy atom. The molecule has 1 aromatic carbocycles. The van der Waals surface area contributed by atoms with Crippen LogP contribution < -0.4 is 10.6 Å². The highest BCUT2D eigenvalue weighted by atomic mass is 19.1. The number of hydrogen-bond donors (Lipinski definition) is 2. The molecule has 178 valence electrons. The molecule has 1 saturated heterocycles. The van der Waals surface area contributed by atoms with Crippen molar-refractivity contribution >= 4 is 28.5 Å². The molecule has 0 atom stereocenters. The molecule has 1 aliphatic rings. The van der Waals surface area contributed by atoms with Crippen LogP contribution in [-0.4, -0.2) is 64.8 Å². The van der Waals surface area contributed by atoms with Gasteiger partial charge < -0.3 is 20.5 Å². The number of anilines is 1. The quantitative estimate of drug-likeness (QED) is 0.429. The molecule has 3 aromatic heterocycles. The molecule has 0 radical (unpaired) electrons. The van der Waals surface area contributed by atoms with E-state index < -0.39 is 34.5 Å². The van der Waals surface area contributed by atoms with Crippen LogP contribution in [0.15, 0.2) is 48.9 Å². The van der Waals surface area contributed by atoms with Crippen LogP contribution in [0.1, 0.15) is 26.3 Å². The summed E-state index contributed by atoms with van der Waals surface area (Å²) in [6, 6.07) is 7.34. The molecule has 1 fully saturated rings. The number of primary amides is 1. The van der Waals surface area contributed by atoms with E-state index in [2.05, 4.69) is 31.8 Å². The molecule has 5 rings (SSSR count). The number of H-pyrrole nitrogens is 1. The van der Waals surface area contributed by atoms with Gasteiger partial charge in [0.15, 0.2) is 0 Å². The molecular weight excluding hydrogens is 454 g/mol. The Kier molecular flexibility index (Phi) is 5.73. The highest BCUT2D eigenvalue weighted by Crippen LogP contribution is 2.28. The van der Waals surface area contributed by atoms with Crippen LogP contribution in [-0.2, 0) is 0 Å². The first-order valence-corrected chi connectivity index (χ1v) is 11.0. The number of halogens is 2. The number of hydrogen-bond acceptors (Lipinski definition) is 6. The van der Waals surface area contributed by atoms with Crippen molar-refractivity contribution in [3.8, 4) is 11.1 Å². The second-order valence-electron chi connectivity index (χ2n) is 8.50. The summed E-state index contributed by atoms with van der Waals surface area (Å²) >= 11 is 0. The van der Waals surface area contributed by atoms with Crippen LogP contribution in [0.3, 0.4) is 0 Å². The van der Waals surface area contributed by atoms with Crippen molar-refractivity contribution in [2.75, 3.05) is 38.1 Å². The second-order valence-corrected chi connectivity index (χ2v) is 8.50. The Morgan fingerprint density at radius 3 is 2.40 bits per heavy atom. The standard InChI is InChI=1S/C25H22F2N6O2/c1-32-6-8-33(9-7-32)20-5-2-14(11-29-20)15-10-17-18(13-31-25(17)30-12-15)23(34)21-19(26)4-3-16(22(21)27)24(28)35/h2-5,10-13H,6-9H2,1H3,(H2,28,35)(H,30,31). The molecule has 10 heteroatoms. The Hall–Kier alpha value is -4.18. The number of rotatable bonds is 5. The minimum Gasteiger partial charge on any atom is -0.366 e. The fraction of sp³-hybridized carbons (Fsp3) is 0.200. The minimum atomic E-state index is -1.29. The van der Waals surface area contributed by atoms with Crippen LogP contribution in [0.25, 0.3) is 22.2 Å². The molecule has 0 unspecified atom stereocenters. The molecule has 35 heavy (non-hydrogen) atoms. The number of carbonyl (C=O) groups excluding carboxylic acids is 2. The van der Waals surface area contributed by atoms with Crippen LogP contribution >= 0.6 is 0 Å². The van der Waals surface area contributed by atoms with E-state index in [-0.39, 0.29) is 5.56 Å². The number of aromatic nitrogens is 3. The Bertz CT molecular complexity index is 1440. The van der Waals surface area contributed by atoms with Crippen LogP contribution in [0.4, 0.5) is 14.6 Å². The first kappa shape index (κ1) is 22.6. The molecule has 0 spiro atoms. The number of aromatic amines is 1. The van der Waals surface area contributed by atoms with Gasteiger partial charge in [-0.3, -0.25) is 9.59 Å². The number of pyridine rings is 2. The maximum atomic E-state index is 14.8. The van der Waals surface area contributed by atoms with Gasteiger partial charge in [0.2, 0.25) is 5.78 Å². The summed E-state index contributed by atoms with van der Waals surface area (Å²) in [6.45, 7) is 3.74. The van der Waals surface area contributed by atoms with Gasteiger partial charge in [-0.1, -0.05) is 0 Å². The summed E-state index contributed by atoms with van der Waals surface area (Å²) in [6.07, 6.45) is 4.71. The number of nitrogens with one attached hydrogen (secondary N) is 1. The van der Waals surface area contributed by atoms with E-state index in [1.54, 1.807) is 18.5 Å². The minimum absolute atomic E-state index is 0.0239. The monoisotopic (exact) mass is 476 g/mol. The topological polar surface area (TPSA) is 108 Å². The third-order valence-electron chi connectivity index (χ3n) is 6.27. The summed E-state index contributed by atoms with van der Waals surface area (Å²) in [5, 5.41) is 0.388. The molecule has 4 heterocycles. The SMILES string of the molecule is CN1CCN(c2ccc(-c3cnc4[nH]cc(C(=O)c5c(F)ccc(C(N)=O)c5F)c4c3)cn2)CC1.